The van der Waals surface area contributed by atoms with Gasteiger partial charge in [0.15, 0.2) is 17.5 Å². The number of benzene rings is 5. The number of fused-ring (bicyclic) bond motifs is 6. The topological polar surface area (TPSA) is 99.5 Å². The van der Waals surface area contributed by atoms with Crippen molar-refractivity contribution in [2.24, 2.45) is 0 Å². The summed E-state index contributed by atoms with van der Waals surface area (Å²) in [6.07, 6.45) is 3.57. The second-order valence-electron chi connectivity index (χ2n) is 10.1. The van der Waals surface area contributed by atoms with Crippen LogP contribution in [-0.2, 0) is 0 Å². The van der Waals surface area contributed by atoms with Gasteiger partial charge in [-0.2, -0.15) is 0 Å². The molecule has 0 radical (unpaired) electrons. The predicted octanol–water partition coefficient (Wildman–Crippen LogP) is 8.34. The molecule has 2 aromatic heterocycles. The first-order chi connectivity index (χ1) is 20.1. The Kier molecular flexibility index (Phi) is 5.02. The van der Waals surface area contributed by atoms with Crippen LogP contribution in [0, 0.1) is 10.8 Å². The Morgan fingerprint density at radius 1 is 0.512 bits per heavy atom. The van der Waals surface area contributed by atoms with Crippen molar-refractivity contribution < 1.29 is 4.42 Å². The molecule has 1 aliphatic rings. The Hall–Kier alpha value is -5.75. The third-order valence-electron chi connectivity index (χ3n) is 7.56. The molecule has 2 N–H and O–H groups in total. The van der Waals surface area contributed by atoms with Gasteiger partial charge in [0.2, 0.25) is 0 Å². The maximum Gasteiger partial charge on any atom is 0.164 e. The van der Waals surface area contributed by atoms with E-state index in [0.717, 1.165) is 60.5 Å². The van der Waals surface area contributed by atoms with Crippen LogP contribution < -0.4 is 0 Å². The molecule has 192 valence electrons. The van der Waals surface area contributed by atoms with Gasteiger partial charge >= 0.3 is 0 Å². The van der Waals surface area contributed by atoms with Crippen molar-refractivity contribution in [3.8, 4) is 34.2 Å². The van der Waals surface area contributed by atoms with Gasteiger partial charge in [0.25, 0.3) is 0 Å². The average molecular weight is 528 g/mol. The minimum Gasteiger partial charge on any atom is -0.456 e. The molecule has 0 saturated carbocycles. The number of allylic oxidation sites excluding steroid dienone is 1. The van der Waals surface area contributed by atoms with Crippen molar-refractivity contribution in [1.82, 2.24) is 15.0 Å². The number of hydrogen-bond acceptors (Lipinski definition) is 6. The Bertz CT molecular complexity index is 2250. The second-order valence-corrected chi connectivity index (χ2v) is 10.1. The highest BCUT2D eigenvalue weighted by molar-refractivity contribution is 6.53. The van der Waals surface area contributed by atoms with Crippen LogP contribution >= 0.6 is 0 Å². The number of para-hydroxylation sites is 1. The van der Waals surface area contributed by atoms with E-state index in [1.54, 1.807) is 6.08 Å². The fourth-order valence-corrected chi connectivity index (χ4v) is 5.51. The molecule has 0 aliphatic heterocycles. The first kappa shape index (κ1) is 23.2. The van der Waals surface area contributed by atoms with E-state index in [9.17, 15) is 0 Å². The summed E-state index contributed by atoms with van der Waals surface area (Å²) in [4.78, 5) is 14.7. The molecular weight excluding hydrogens is 506 g/mol. The summed E-state index contributed by atoms with van der Waals surface area (Å²) >= 11 is 0. The highest BCUT2D eigenvalue weighted by atomic mass is 16.3. The summed E-state index contributed by atoms with van der Waals surface area (Å²) < 4.78 is 6.15. The number of nitrogens with zero attached hydrogens (tertiary/aromatic N) is 3. The van der Waals surface area contributed by atoms with Crippen LogP contribution in [0.25, 0.3) is 73.0 Å². The summed E-state index contributed by atoms with van der Waals surface area (Å²) in [5.41, 5.74) is 6.38. The number of furan rings is 1. The molecule has 6 heteroatoms. The maximum absolute atomic E-state index is 8.50. The van der Waals surface area contributed by atoms with Gasteiger partial charge in [0.1, 0.15) is 11.2 Å². The van der Waals surface area contributed by atoms with Crippen molar-refractivity contribution >= 4 is 50.2 Å². The van der Waals surface area contributed by atoms with Crippen molar-refractivity contribution in [3.05, 3.63) is 120 Å². The molecule has 5 aromatic carbocycles. The van der Waals surface area contributed by atoms with Crippen LogP contribution in [0.5, 0.6) is 0 Å². The molecule has 2 heterocycles. The van der Waals surface area contributed by atoms with Gasteiger partial charge in [0, 0.05) is 33.0 Å². The van der Waals surface area contributed by atoms with Crippen LogP contribution in [0.15, 0.2) is 114 Å². The summed E-state index contributed by atoms with van der Waals surface area (Å²) in [5.74, 6) is 1.70. The molecule has 0 bridgehead atoms. The fraction of sp³-hybridized carbons (Fsp3) is 0. The smallest absolute Gasteiger partial charge is 0.164 e. The minimum absolute atomic E-state index is 0.213. The van der Waals surface area contributed by atoms with E-state index in [4.69, 9.17) is 30.2 Å². The predicted molar refractivity (Wildman–Crippen MR) is 165 cm³/mol. The Morgan fingerprint density at radius 3 is 1.98 bits per heavy atom. The maximum atomic E-state index is 8.50. The van der Waals surface area contributed by atoms with Crippen LogP contribution in [0.3, 0.4) is 0 Å². The molecular formula is C35H21N5O. The fourth-order valence-electron chi connectivity index (χ4n) is 5.51. The summed E-state index contributed by atoms with van der Waals surface area (Å²) in [6, 6.07) is 34.0. The number of aromatic nitrogens is 3. The Labute approximate surface area is 234 Å². The quantitative estimate of drug-likeness (QED) is 0.241. The molecule has 41 heavy (non-hydrogen) atoms. The van der Waals surface area contributed by atoms with Crippen LogP contribution in [0.4, 0.5) is 0 Å². The molecule has 6 nitrogen and oxygen atoms in total. The van der Waals surface area contributed by atoms with Gasteiger partial charge in [-0.3, -0.25) is 10.8 Å². The van der Waals surface area contributed by atoms with Gasteiger partial charge in [0.05, 0.1) is 11.4 Å². The van der Waals surface area contributed by atoms with Gasteiger partial charge in [-0.1, -0.05) is 84.9 Å². The van der Waals surface area contributed by atoms with E-state index in [1.807, 2.05) is 97.1 Å². The van der Waals surface area contributed by atoms with Crippen molar-refractivity contribution in [3.63, 3.8) is 0 Å². The lowest BCUT2D eigenvalue weighted by Gasteiger charge is -2.16. The van der Waals surface area contributed by atoms with Gasteiger partial charge in [-0.05, 0) is 46.7 Å². The third-order valence-corrected chi connectivity index (χ3v) is 7.56. The zero-order valence-corrected chi connectivity index (χ0v) is 21.7. The van der Waals surface area contributed by atoms with E-state index in [2.05, 4.69) is 12.1 Å². The molecule has 7 aromatic rings. The standard InChI is InChI=1S/C35H21N5O/c36-28-17-14-20-10-11-22-18-23(12-15-25(22)31(20)32(28)37)34-38-33(21-6-2-1-3-7-21)39-35(40-34)24-13-16-27-26-8-4-5-9-29(26)41-30(27)19-24/h1-19,36-37H. The largest absolute Gasteiger partial charge is 0.456 e. The molecule has 0 atom stereocenters. The highest BCUT2D eigenvalue weighted by Crippen LogP contribution is 2.34. The number of hydrogen-bond donors (Lipinski definition) is 2. The molecule has 0 unspecified atom stereocenters. The van der Waals surface area contributed by atoms with E-state index >= 15 is 0 Å². The first-order valence-electron chi connectivity index (χ1n) is 13.3. The molecule has 0 amide bonds. The molecule has 8 rings (SSSR count). The number of rotatable bonds is 3. The lowest BCUT2D eigenvalue weighted by Crippen LogP contribution is -2.16. The average Bonchev–Trinajstić information content (AvgIpc) is 3.40. The monoisotopic (exact) mass is 527 g/mol. The van der Waals surface area contributed by atoms with Crippen LogP contribution in [0.2, 0.25) is 0 Å². The van der Waals surface area contributed by atoms with Crippen LogP contribution in [0.1, 0.15) is 11.1 Å². The SMILES string of the molecule is N=C1C=Cc2ccc3cc(-c4nc(-c5ccccc5)nc(-c5ccc6c(c5)oc5ccccc56)n4)ccc3c2C1=N. The molecule has 0 fully saturated rings. The lowest BCUT2D eigenvalue weighted by molar-refractivity contribution is 0.669. The summed E-state index contributed by atoms with van der Waals surface area (Å²) in [5, 5.41) is 20.6. The van der Waals surface area contributed by atoms with Crippen molar-refractivity contribution in [2.45, 2.75) is 0 Å². The zero-order valence-electron chi connectivity index (χ0n) is 21.7. The van der Waals surface area contributed by atoms with E-state index < -0.39 is 0 Å². The van der Waals surface area contributed by atoms with Gasteiger partial charge in [-0.15, -0.1) is 0 Å². The Balaban J connectivity index is 1.31. The van der Waals surface area contributed by atoms with E-state index in [-0.39, 0.29) is 11.4 Å². The molecule has 1 aliphatic carbocycles. The van der Waals surface area contributed by atoms with Crippen molar-refractivity contribution in [1.29, 1.82) is 10.8 Å². The number of nitrogens with one attached hydrogen (secondary N) is 2. The van der Waals surface area contributed by atoms with Crippen LogP contribution in [-0.4, -0.2) is 26.4 Å². The zero-order chi connectivity index (χ0) is 27.5. The first-order valence-corrected chi connectivity index (χ1v) is 13.3. The normalized spacial score (nSPS) is 12.9. The Morgan fingerprint density at radius 2 is 1.17 bits per heavy atom. The lowest BCUT2D eigenvalue weighted by atomic mass is 9.89. The second kappa shape index (κ2) is 8.89. The minimum atomic E-state index is 0.213. The highest BCUT2D eigenvalue weighted by Gasteiger charge is 2.19. The summed E-state index contributed by atoms with van der Waals surface area (Å²) in [7, 11) is 0. The summed E-state index contributed by atoms with van der Waals surface area (Å²) in [6.45, 7) is 0. The van der Waals surface area contributed by atoms with Crippen molar-refractivity contribution in [2.75, 3.05) is 0 Å². The van der Waals surface area contributed by atoms with E-state index in [1.165, 1.54) is 0 Å². The molecule has 0 saturated heterocycles. The van der Waals surface area contributed by atoms with E-state index in [0.29, 0.717) is 17.5 Å². The van der Waals surface area contributed by atoms with Gasteiger partial charge < -0.3 is 4.42 Å². The van der Waals surface area contributed by atoms with Gasteiger partial charge in [-0.25, -0.2) is 15.0 Å². The molecule has 0 spiro atoms. The third kappa shape index (κ3) is 3.77.